The fourth-order valence-electron chi connectivity index (χ4n) is 3.05. The summed E-state index contributed by atoms with van der Waals surface area (Å²) in [6.45, 7) is 1.15. The van der Waals surface area contributed by atoms with Gasteiger partial charge in [0.1, 0.15) is 6.07 Å². The molecule has 30 heavy (non-hydrogen) atoms. The number of hydrogen-bond acceptors (Lipinski definition) is 5. The van der Waals surface area contributed by atoms with Crippen LogP contribution in [-0.4, -0.2) is 25.3 Å². The Labute approximate surface area is 170 Å². The molecule has 0 amide bonds. The third-order valence-electron chi connectivity index (χ3n) is 4.40. The molecule has 0 unspecified atom stereocenters. The highest BCUT2D eigenvalue weighted by atomic mass is 32.2. The van der Waals surface area contributed by atoms with Crippen LogP contribution in [0.15, 0.2) is 59.0 Å². The van der Waals surface area contributed by atoms with E-state index in [1.54, 1.807) is 12.1 Å². The minimum absolute atomic E-state index is 0.0232. The molecular weight excluding hydrogens is 421 g/mol. The van der Waals surface area contributed by atoms with E-state index in [0.29, 0.717) is 0 Å². The third-order valence-corrected chi connectivity index (χ3v) is 6.20. The zero-order chi connectivity index (χ0) is 22.1. The number of ether oxygens (including phenoxy) is 1. The maximum atomic E-state index is 13.1. The molecule has 0 aromatic heterocycles. The molecule has 0 N–H and O–H groups in total. The monoisotopic (exact) mass is 436 g/mol. The zero-order valence-corrected chi connectivity index (χ0v) is 16.4. The van der Waals surface area contributed by atoms with E-state index in [1.165, 1.54) is 25.1 Å². The molecule has 2 aromatic rings. The molecule has 0 atom stereocenters. The van der Waals surface area contributed by atoms with Crippen molar-refractivity contribution in [3.8, 4) is 6.07 Å². The van der Waals surface area contributed by atoms with Gasteiger partial charge in [-0.25, -0.2) is 13.2 Å². The van der Waals surface area contributed by atoms with Gasteiger partial charge in [0.15, 0.2) is 5.57 Å². The molecule has 0 fully saturated rings. The molecule has 0 saturated carbocycles. The second-order valence-corrected chi connectivity index (χ2v) is 8.09. The van der Waals surface area contributed by atoms with Crippen LogP contribution in [0, 0.1) is 11.3 Å². The Morgan fingerprint density at radius 2 is 1.77 bits per heavy atom. The van der Waals surface area contributed by atoms with Crippen LogP contribution in [-0.2, 0) is 32.3 Å². The molecule has 3 rings (SSSR count). The Bertz CT molecular complexity index is 1160. The number of nitrogens with zero attached hydrogens (tertiary/aromatic N) is 2. The Hall–Kier alpha value is -3.32. The lowest BCUT2D eigenvalue weighted by molar-refractivity contribution is -0.138. The van der Waals surface area contributed by atoms with Crippen molar-refractivity contribution in [2.75, 3.05) is 6.61 Å². The van der Waals surface area contributed by atoms with Crippen LogP contribution in [0.4, 0.5) is 13.2 Å². The van der Waals surface area contributed by atoms with Gasteiger partial charge in [0.05, 0.1) is 29.3 Å². The molecule has 1 aliphatic heterocycles. The quantitative estimate of drug-likeness (QED) is 0.414. The molecule has 0 bridgehead atoms. The second kappa shape index (κ2) is 7.84. The van der Waals surface area contributed by atoms with E-state index in [-0.39, 0.29) is 34.9 Å². The maximum absolute atomic E-state index is 13.1. The Morgan fingerprint density at radius 1 is 1.13 bits per heavy atom. The first-order valence-corrected chi connectivity index (χ1v) is 10.1. The van der Waals surface area contributed by atoms with Crippen LogP contribution in [0.5, 0.6) is 0 Å². The minimum Gasteiger partial charge on any atom is -0.462 e. The maximum Gasteiger partial charge on any atom is 0.416 e. The first kappa shape index (κ1) is 21.4. The Balaban J connectivity index is 2.14. The predicted octanol–water partition coefficient (Wildman–Crippen LogP) is 3.71. The number of hydrogen-bond donors (Lipinski definition) is 0. The van der Waals surface area contributed by atoms with Gasteiger partial charge in [0.2, 0.25) is 0 Å². The summed E-state index contributed by atoms with van der Waals surface area (Å²) in [5.41, 5.74) is -1.14. The molecule has 1 heterocycles. The SMILES string of the molecule is CCOC(=O)/C(C#N)=C1/c2ccccc2S(=O)(=O)N1Cc1ccc(C(F)(F)F)cc1. The average molecular weight is 436 g/mol. The van der Waals surface area contributed by atoms with Gasteiger partial charge in [-0.3, -0.25) is 4.31 Å². The van der Waals surface area contributed by atoms with Gasteiger partial charge in [-0.1, -0.05) is 30.3 Å². The fraction of sp³-hybridized carbons (Fsp3) is 0.200. The van der Waals surface area contributed by atoms with E-state index in [2.05, 4.69) is 0 Å². The summed E-state index contributed by atoms with van der Waals surface area (Å²) in [5, 5.41) is 9.53. The third kappa shape index (κ3) is 3.76. The van der Waals surface area contributed by atoms with Crippen molar-refractivity contribution in [3.05, 3.63) is 70.8 Å². The van der Waals surface area contributed by atoms with E-state index in [1.807, 2.05) is 0 Å². The van der Waals surface area contributed by atoms with Crippen molar-refractivity contribution in [2.45, 2.75) is 24.5 Å². The Morgan fingerprint density at radius 3 is 2.33 bits per heavy atom. The topological polar surface area (TPSA) is 87.5 Å². The number of sulfonamides is 1. The molecule has 156 valence electrons. The lowest BCUT2D eigenvalue weighted by atomic mass is 10.1. The van der Waals surface area contributed by atoms with Gasteiger partial charge in [0, 0.05) is 5.56 Å². The van der Waals surface area contributed by atoms with Crippen molar-refractivity contribution < 1.29 is 31.1 Å². The van der Waals surface area contributed by atoms with Crippen molar-refractivity contribution in [2.24, 2.45) is 0 Å². The fourth-order valence-corrected chi connectivity index (χ4v) is 4.73. The van der Waals surface area contributed by atoms with Crippen LogP contribution < -0.4 is 0 Å². The number of rotatable bonds is 4. The van der Waals surface area contributed by atoms with Gasteiger partial charge < -0.3 is 4.74 Å². The van der Waals surface area contributed by atoms with E-state index >= 15 is 0 Å². The van der Waals surface area contributed by atoms with Gasteiger partial charge in [-0.05, 0) is 30.7 Å². The highest BCUT2D eigenvalue weighted by Crippen LogP contribution is 2.41. The molecule has 0 spiro atoms. The number of halogens is 3. The first-order chi connectivity index (χ1) is 14.1. The van der Waals surface area contributed by atoms with Crippen molar-refractivity contribution in [1.82, 2.24) is 4.31 Å². The summed E-state index contributed by atoms with van der Waals surface area (Å²) in [7, 11) is -4.14. The molecule has 6 nitrogen and oxygen atoms in total. The van der Waals surface area contributed by atoms with E-state index < -0.39 is 33.3 Å². The highest BCUT2D eigenvalue weighted by molar-refractivity contribution is 7.90. The highest BCUT2D eigenvalue weighted by Gasteiger charge is 2.41. The van der Waals surface area contributed by atoms with E-state index in [0.717, 1.165) is 28.6 Å². The zero-order valence-electron chi connectivity index (χ0n) is 15.6. The summed E-state index contributed by atoms with van der Waals surface area (Å²) in [6.07, 6.45) is -4.53. The van der Waals surface area contributed by atoms with Crippen LogP contribution in [0.1, 0.15) is 23.6 Å². The minimum atomic E-state index is -4.53. The van der Waals surface area contributed by atoms with Gasteiger partial charge in [-0.2, -0.15) is 18.4 Å². The number of benzene rings is 2. The molecule has 0 aliphatic carbocycles. The number of carbonyl (C=O) groups excluding carboxylic acids is 1. The van der Waals surface area contributed by atoms with Crippen LogP contribution in [0.3, 0.4) is 0 Å². The van der Waals surface area contributed by atoms with Crippen LogP contribution >= 0.6 is 0 Å². The predicted molar refractivity (Wildman–Crippen MR) is 99.8 cm³/mol. The number of alkyl halides is 3. The number of nitriles is 1. The lowest BCUT2D eigenvalue weighted by Gasteiger charge is -2.20. The summed E-state index contributed by atoms with van der Waals surface area (Å²) in [4.78, 5) is 12.2. The van der Waals surface area contributed by atoms with E-state index in [4.69, 9.17) is 4.74 Å². The molecule has 2 aromatic carbocycles. The number of fused-ring (bicyclic) bond motifs is 1. The summed E-state index contributed by atoms with van der Waals surface area (Å²) >= 11 is 0. The number of carbonyl (C=O) groups is 1. The molecule has 1 aliphatic rings. The summed E-state index contributed by atoms with van der Waals surface area (Å²) < 4.78 is 70.3. The van der Waals surface area contributed by atoms with E-state index in [9.17, 15) is 31.6 Å². The lowest BCUT2D eigenvalue weighted by Crippen LogP contribution is -2.25. The van der Waals surface area contributed by atoms with Crippen LogP contribution in [0.25, 0.3) is 5.70 Å². The van der Waals surface area contributed by atoms with Crippen LogP contribution in [0.2, 0.25) is 0 Å². The molecule has 10 heteroatoms. The van der Waals surface area contributed by atoms with Gasteiger partial charge >= 0.3 is 12.1 Å². The summed E-state index contributed by atoms with van der Waals surface area (Å²) in [6, 6.07) is 11.5. The van der Waals surface area contributed by atoms with Gasteiger partial charge in [-0.15, -0.1) is 0 Å². The number of esters is 1. The molecule has 0 saturated heterocycles. The van der Waals surface area contributed by atoms with Crippen molar-refractivity contribution >= 4 is 21.7 Å². The largest absolute Gasteiger partial charge is 0.462 e. The summed E-state index contributed by atoms with van der Waals surface area (Å²) in [5.74, 6) is -0.987. The standard InChI is InChI=1S/C20H15F3N2O4S/c1-2-29-19(26)16(11-24)18-15-5-3-4-6-17(15)30(27,28)25(18)12-13-7-9-14(10-8-13)20(21,22)23/h3-10H,2,12H2,1H3/b18-16-. The van der Waals surface area contributed by atoms with Crippen molar-refractivity contribution in [1.29, 1.82) is 5.26 Å². The smallest absolute Gasteiger partial charge is 0.416 e. The van der Waals surface area contributed by atoms with Gasteiger partial charge in [0.25, 0.3) is 10.0 Å². The normalized spacial score (nSPS) is 16.6. The van der Waals surface area contributed by atoms with Crippen molar-refractivity contribution in [3.63, 3.8) is 0 Å². The average Bonchev–Trinajstić information content (AvgIpc) is 2.91. The molecular formula is C20H15F3N2O4S. The first-order valence-electron chi connectivity index (χ1n) is 8.71. The molecule has 0 radical (unpaired) electrons. The Kier molecular flexibility index (Phi) is 5.59. The second-order valence-electron chi connectivity index (χ2n) is 6.26.